The number of nitrogens with two attached hydrogens (primary N) is 1. The Bertz CT molecular complexity index is 727. The first kappa shape index (κ1) is 18.5. The number of likely N-dealkylation sites (tertiary alicyclic amines) is 1. The number of hydrogen-bond acceptors (Lipinski definition) is 2. The molecule has 0 aliphatic carbocycles. The molecular weight excluding hydrogens is 329 g/mol. The third-order valence-corrected chi connectivity index (χ3v) is 4.66. The number of rotatable bonds is 3. The van der Waals surface area contributed by atoms with Gasteiger partial charge in [-0.2, -0.15) is 0 Å². The molecule has 2 N–H and O–H groups in total. The van der Waals surface area contributed by atoms with Crippen molar-refractivity contribution in [3.63, 3.8) is 0 Å². The van der Waals surface area contributed by atoms with Gasteiger partial charge < -0.3 is 15.2 Å². The molecule has 2 heterocycles. The summed E-state index contributed by atoms with van der Waals surface area (Å²) in [5, 5.41) is 0. The predicted molar refractivity (Wildman–Crippen MR) is 95.6 cm³/mol. The number of halogens is 2. The van der Waals surface area contributed by atoms with Gasteiger partial charge in [-0.3, -0.25) is 4.79 Å². The molecule has 1 aromatic heterocycles. The maximum absolute atomic E-state index is 13.1. The van der Waals surface area contributed by atoms with Crippen molar-refractivity contribution in [1.82, 2.24) is 9.47 Å². The van der Waals surface area contributed by atoms with Crippen LogP contribution < -0.4 is 5.73 Å². The van der Waals surface area contributed by atoms with Crippen molar-refractivity contribution in [2.45, 2.75) is 32.7 Å². The zero-order valence-corrected chi connectivity index (χ0v) is 14.8. The molecule has 130 valence electrons. The van der Waals surface area contributed by atoms with Crippen LogP contribution in [-0.4, -0.2) is 34.5 Å². The van der Waals surface area contributed by atoms with Gasteiger partial charge in [-0.25, -0.2) is 4.39 Å². The smallest absolute Gasteiger partial charge is 0.255 e. The van der Waals surface area contributed by atoms with Crippen LogP contribution >= 0.6 is 12.4 Å². The van der Waals surface area contributed by atoms with E-state index in [1.165, 1.54) is 12.1 Å². The van der Waals surface area contributed by atoms with Gasteiger partial charge in [0.1, 0.15) is 5.82 Å². The normalized spacial score (nSPS) is 17.0. The molecule has 1 saturated heterocycles. The molecule has 3 rings (SSSR count). The zero-order chi connectivity index (χ0) is 16.6. The second-order valence-electron chi connectivity index (χ2n) is 6.13. The molecular formula is C18H23ClFN3O. The molecule has 24 heavy (non-hydrogen) atoms. The minimum atomic E-state index is -0.268. The SMILES string of the molecule is Cc1cc(C(=O)N2CCCC2CN)c(C)n1-c1ccc(F)cc1.Cl. The Kier molecular flexibility index (Phi) is 5.67. The van der Waals surface area contributed by atoms with E-state index in [2.05, 4.69) is 0 Å². The summed E-state index contributed by atoms with van der Waals surface area (Å²) in [5.74, 6) is -0.227. The molecule has 1 atom stereocenters. The van der Waals surface area contributed by atoms with Crippen molar-refractivity contribution in [3.05, 3.63) is 53.1 Å². The molecule has 1 fully saturated rings. The van der Waals surface area contributed by atoms with Crippen LogP contribution in [-0.2, 0) is 0 Å². The molecule has 0 spiro atoms. The summed E-state index contributed by atoms with van der Waals surface area (Å²) in [6.45, 7) is 5.15. The topological polar surface area (TPSA) is 51.3 Å². The van der Waals surface area contributed by atoms with Gasteiger partial charge >= 0.3 is 0 Å². The fourth-order valence-corrected chi connectivity index (χ4v) is 3.47. The first-order valence-electron chi connectivity index (χ1n) is 7.99. The molecule has 1 amide bonds. The van der Waals surface area contributed by atoms with Crippen molar-refractivity contribution in [1.29, 1.82) is 0 Å². The number of aromatic nitrogens is 1. The maximum atomic E-state index is 13.1. The fraction of sp³-hybridized carbons (Fsp3) is 0.389. The van der Waals surface area contributed by atoms with E-state index in [9.17, 15) is 9.18 Å². The van der Waals surface area contributed by atoms with E-state index in [1.807, 2.05) is 29.4 Å². The summed E-state index contributed by atoms with van der Waals surface area (Å²) >= 11 is 0. The second-order valence-corrected chi connectivity index (χ2v) is 6.13. The van der Waals surface area contributed by atoms with E-state index in [0.29, 0.717) is 12.1 Å². The summed E-state index contributed by atoms with van der Waals surface area (Å²) < 4.78 is 15.1. The monoisotopic (exact) mass is 351 g/mol. The Morgan fingerprint density at radius 2 is 1.96 bits per heavy atom. The summed E-state index contributed by atoms with van der Waals surface area (Å²) in [5.41, 5.74) is 9.18. The Morgan fingerprint density at radius 3 is 2.58 bits per heavy atom. The molecule has 0 radical (unpaired) electrons. The summed E-state index contributed by atoms with van der Waals surface area (Å²) in [6.07, 6.45) is 1.98. The minimum Gasteiger partial charge on any atom is -0.334 e. The number of benzene rings is 1. The van der Waals surface area contributed by atoms with Gasteiger partial charge in [0.25, 0.3) is 5.91 Å². The maximum Gasteiger partial charge on any atom is 0.255 e. The molecule has 0 bridgehead atoms. The summed E-state index contributed by atoms with van der Waals surface area (Å²) in [6, 6.07) is 8.36. The molecule has 1 aliphatic heterocycles. The highest BCUT2D eigenvalue weighted by atomic mass is 35.5. The van der Waals surface area contributed by atoms with Gasteiger partial charge in [-0.1, -0.05) is 0 Å². The Balaban J connectivity index is 0.00000208. The Morgan fingerprint density at radius 1 is 1.29 bits per heavy atom. The van der Waals surface area contributed by atoms with Crippen LogP contribution in [0.1, 0.15) is 34.6 Å². The highest BCUT2D eigenvalue weighted by Crippen LogP contribution is 2.25. The number of carbonyl (C=O) groups is 1. The molecule has 1 unspecified atom stereocenters. The molecule has 0 saturated carbocycles. The molecule has 4 nitrogen and oxygen atoms in total. The lowest BCUT2D eigenvalue weighted by Gasteiger charge is -2.23. The third kappa shape index (κ3) is 3.19. The summed E-state index contributed by atoms with van der Waals surface area (Å²) in [7, 11) is 0. The van der Waals surface area contributed by atoms with E-state index < -0.39 is 0 Å². The quantitative estimate of drug-likeness (QED) is 0.923. The van der Waals surface area contributed by atoms with Gasteiger partial charge in [-0.15, -0.1) is 12.4 Å². The molecule has 1 aliphatic rings. The van der Waals surface area contributed by atoms with Crippen LogP contribution in [0.4, 0.5) is 4.39 Å². The first-order valence-corrected chi connectivity index (χ1v) is 7.99. The highest BCUT2D eigenvalue weighted by Gasteiger charge is 2.30. The lowest BCUT2D eigenvalue weighted by Crippen LogP contribution is -2.40. The van der Waals surface area contributed by atoms with Gasteiger partial charge in [-0.05, 0) is 57.0 Å². The van der Waals surface area contributed by atoms with Gasteiger partial charge in [0, 0.05) is 36.2 Å². The predicted octanol–water partition coefficient (Wildman–Crippen LogP) is 3.22. The van der Waals surface area contributed by atoms with E-state index in [1.54, 1.807) is 12.1 Å². The zero-order valence-electron chi connectivity index (χ0n) is 14.0. The van der Waals surface area contributed by atoms with Crippen molar-refractivity contribution in [2.75, 3.05) is 13.1 Å². The highest BCUT2D eigenvalue weighted by molar-refractivity contribution is 5.96. The summed E-state index contributed by atoms with van der Waals surface area (Å²) in [4.78, 5) is 14.8. The van der Waals surface area contributed by atoms with Gasteiger partial charge in [0.05, 0.1) is 5.56 Å². The molecule has 6 heteroatoms. The van der Waals surface area contributed by atoms with Crippen molar-refractivity contribution < 1.29 is 9.18 Å². The van der Waals surface area contributed by atoms with Crippen molar-refractivity contribution in [3.8, 4) is 5.69 Å². The van der Waals surface area contributed by atoms with Crippen LogP contribution in [0.15, 0.2) is 30.3 Å². The van der Waals surface area contributed by atoms with Gasteiger partial charge in [0.15, 0.2) is 0 Å². The van der Waals surface area contributed by atoms with Crippen LogP contribution in [0.2, 0.25) is 0 Å². The lowest BCUT2D eigenvalue weighted by atomic mass is 10.2. The number of aryl methyl sites for hydroxylation is 1. The van der Waals surface area contributed by atoms with Crippen LogP contribution in [0, 0.1) is 19.7 Å². The number of hydrogen-bond donors (Lipinski definition) is 1. The number of nitrogens with zero attached hydrogens (tertiary/aromatic N) is 2. The minimum absolute atomic E-state index is 0. The van der Waals surface area contributed by atoms with E-state index in [-0.39, 0.29) is 30.2 Å². The average Bonchev–Trinajstić information content (AvgIpc) is 3.12. The largest absolute Gasteiger partial charge is 0.334 e. The van der Waals surface area contributed by atoms with Crippen molar-refractivity contribution >= 4 is 18.3 Å². The first-order chi connectivity index (χ1) is 11.0. The van der Waals surface area contributed by atoms with Gasteiger partial charge in [0.2, 0.25) is 0 Å². The molecule has 2 aromatic rings. The second kappa shape index (κ2) is 7.36. The fourth-order valence-electron chi connectivity index (χ4n) is 3.47. The Labute approximate surface area is 147 Å². The van der Waals surface area contributed by atoms with Crippen molar-refractivity contribution in [2.24, 2.45) is 5.73 Å². The third-order valence-electron chi connectivity index (χ3n) is 4.66. The van der Waals surface area contributed by atoms with E-state index in [4.69, 9.17) is 5.73 Å². The van der Waals surface area contributed by atoms with E-state index in [0.717, 1.165) is 36.5 Å². The van der Waals surface area contributed by atoms with Crippen LogP contribution in [0.25, 0.3) is 5.69 Å². The standard InChI is InChI=1S/C18H22FN3O.ClH/c1-12-10-17(18(23)21-9-3-4-16(21)11-20)13(2)22(12)15-7-5-14(19)6-8-15;/h5-8,10,16H,3-4,9,11,20H2,1-2H3;1H. The van der Waals surface area contributed by atoms with Crippen LogP contribution in [0.3, 0.4) is 0 Å². The Hall–Kier alpha value is -1.85. The van der Waals surface area contributed by atoms with Crippen LogP contribution in [0.5, 0.6) is 0 Å². The number of carbonyl (C=O) groups excluding carboxylic acids is 1. The number of amides is 1. The molecule has 1 aromatic carbocycles. The lowest BCUT2D eigenvalue weighted by molar-refractivity contribution is 0.0740. The van der Waals surface area contributed by atoms with E-state index >= 15 is 0 Å². The average molecular weight is 352 g/mol.